The van der Waals surface area contributed by atoms with Crippen LogP contribution < -0.4 is 15.6 Å². The van der Waals surface area contributed by atoms with Crippen LogP contribution in [0.1, 0.15) is 16.1 Å². The Bertz CT molecular complexity index is 1250. The predicted octanol–water partition coefficient (Wildman–Crippen LogP) is 2.23. The summed E-state index contributed by atoms with van der Waals surface area (Å²) in [6, 6.07) is 13.9. The zero-order chi connectivity index (χ0) is 22.4. The number of halogens is 1. The minimum Gasteiger partial charge on any atom is -0.321 e. The van der Waals surface area contributed by atoms with Crippen molar-refractivity contribution in [1.29, 1.82) is 0 Å². The minimum atomic E-state index is -3.49. The van der Waals surface area contributed by atoms with Crippen LogP contribution >= 0.6 is 0 Å². The van der Waals surface area contributed by atoms with Crippen molar-refractivity contribution in [1.82, 2.24) is 14.5 Å². The zero-order valence-electron chi connectivity index (χ0n) is 16.3. The summed E-state index contributed by atoms with van der Waals surface area (Å²) in [5.74, 6) is -1.23. The highest BCUT2D eigenvalue weighted by atomic mass is 32.2. The molecule has 0 unspecified atom stereocenters. The summed E-state index contributed by atoms with van der Waals surface area (Å²) >= 11 is 0. The lowest BCUT2D eigenvalue weighted by molar-refractivity contribution is 0.102. The molecule has 1 heterocycles. The highest BCUT2D eigenvalue weighted by molar-refractivity contribution is 7.88. The van der Waals surface area contributed by atoms with Gasteiger partial charge in [0, 0.05) is 18.3 Å². The summed E-state index contributed by atoms with van der Waals surface area (Å²) in [4.78, 5) is 24.6. The van der Waals surface area contributed by atoms with E-state index in [-0.39, 0.29) is 18.0 Å². The van der Waals surface area contributed by atoms with Gasteiger partial charge in [-0.2, -0.15) is 9.78 Å². The van der Waals surface area contributed by atoms with Gasteiger partial charge in [0.25, 0.3) is 11.5 Å². The van der Waals surface area contributed by atoms with E-state index in [1.807, 2.05) is 0 Å². The van der Waals surface area contributed by atoms with Gasteiger partial charge in [0.1, 0.15) is 11.5 Å². The molecule has 1 aromatic heterocycles. The summed E-state index contributed by atoms with van der Waals surface area (Å²) in [5, 5.41) is 6.67. The quantitative estimate of drug-likeness (QED) is 0.520. The Kier molecular flexibility index (Phi) is 6.73. The number of aromatic nitrogens is 2. The molecule has 8 nitrogen and oxygen atoms in total. The lowest BCUT2D eigenvalue weighted by Crippen LogP contribution is -2.25. The van der Waals surface area contributed by atoms with Crippen LogP contribution in [0.4, 0.5) is 10.1 Å². The Morgan fingerprint density at radius 2 is 1.74 bits per heavy atom. The lowest BCUT2D eigenvalue weighted by atomic mass is 10.2. The third-order valence-corrected chi connectivity index (χ3v) is 5.44. The van der Waals surface area contributed by atoms with Crippen LogP contribution in [0.5, 0.6) is 0 Å². The third-order valence-electron chi connectivity index (χ3n) is 4.12. The van der Waals surface area contributed by atoms with Crippen molar-refractivity contribution < 1.29 is 17.6 Å². The van der Waals surface area contributed by atoms with E-state index in [0.717, 1.165) is 4.68 Å². The number of carbonyl (C=O) groups excluding carboxylic acids is 1. The van der Waals surface area contributed by atoms with Crippen molar-refractivity contribution in [2.45, 2.75) is 5.75 Å². The number of nitrogens with one attached hydrogen (secondary N) is 2. The first kappa shape index (κ1) is 22.1. The van der Waals surface area contributed by atoms with Crippen LogP contribution in [-0.4, -0.2) is 30.7 Å². The van der Waals surface area contributed by atoms with Crippen molar-refractivity contribution in [3.05, 3.63) is 101 Å². The van der Waals surface area contributed by atoms with E-state index in [0.29, 0.717) is 16.9 Å². The fourth-order valence-corrected chi connectivity index (χ4v) is 3.74. The van der Waals surface area contributed by atoms with Gasteiger partial charge in [-0.15, -0.1) is 6.58 Å². The third kappa shape index (κ3) is 5.93. The van der Waals surface area contributed by atoms with Crippen molar-refractivity contribution in [3.63, 3.8) is 0 Å². The molecule has 160 valence electrons. The van der Waals surface area contributed by atoms with Gasteiger partial charge in [-0.05, 0) is 48.0 Å². The molecule has 2 N–H and O–H groups in total. The topological polar surface area (TPSA) is 110 Å². The molecule has 31 heavy (non-hydrogen) atoms. The predicted molar refractivity (Wildman–Crippen MR) is 115 cm³/mol. The molecule has 10 heteroatoms. The van der Waals surface area contributed by atoms with E-state index in [4.69, 9.17) is 0 Å². The molecule has 0 aliphatic rings. The first-order valence-electron chi connectivity index (χ1n) is 9.12. The number of hydrogen-bond acceptors (Lipinski definition) is 5. The van der Waals surface area contributed by atoms with Crippen LogP contribution in [0.25, 0.3) is 5.69 Å². The average Bonchev–Trinajstić information content (AvgIpc) is 2.74. The van der Waals surface area contributed by atoms with Gasteiger partial charge < -0.3 is 5.32 Å². The van der Waals surface area contributed by atoms with Gasteiger partial charge in [0.2, 0.25) is 10.0 Å². The molecule has 0 atom stereocenters. The normalized spacial score (nSPS) is 11.1. The number of carbonyl (C=O) groups is 1. The maximum atomic E-state index is 13.1. The van der Waals surface area contributed by atoms with Crippen LogP contribution in [0.2, 0.25) is 0 Å². The van der Waals surface area contributed by atoms with Gasteiger partial charge in [0.05, 0.1) is 11.4 Å². The fraction of sp³-hybridized carbons (Fsp3) is 0.0952. The molecule has 3 aromatic rings. The summed E-state index contributed by atoms with van der Waals surface area (Å²) in [6.45, 7) is 3.60. The largest absolute Gasteiger partial charge is 0.321 e. The van der Waals surface area contributed by atoms with Crippen LogP contribution in [0, 0.1) is 5.82 Å². The molecule has 0 saturated heterocycles. The first-order valence-corrected chi connectivity index (χ1v) is 10.8. The SMILES string of the molecule is C=CCNS(=O)(=O)Cc1ccc(NC(=O)c2ccc(=O)n(-c3ccc(F)cc3)n2)cc1. The number of sulfonamides is 1. The van der Waals surface area contributed by atoms with E-state index >= 15 is 0 Å². The van der Waals surface area contributed by atoms with E-state index in [9.17, 15) is 22.4 Å². The number of rotatable bonds is 8. The molecule has 0 bridgehead atoms. The second-order valence-corrected chi connectivity index (χ2v) is 8.30. The molecule has 1 amide bonds. The smallest absolute Gasteiger partial charge is 0.276 e. The molecule has 2 aromatic carbocycles. The minimum absolute atomic E-state index is 0.0239. The summed E-state index contributed by atoms with van der Waals surface area (Å²) < 4.78 is 40.3. The molecule has 0 saturated carbocycles. The van der Waals surface area contributed by atoms with Gasteiger partial charge in [-0.1, -0.05) is 18.2 Å². The van der Waals surface area contributed by atoms with Crippen LogP contribution in [0.3, 0.4) is 0 Å². The molecule has 0 aliphatic heterocycles. The molecule has 0 fully saturated rings. The summed E-state index contributed by atoms with van der Waals surface area (Å²) in [7, 11) is -3.49. The number of amides is 1. The number of benzene rings is 2. The van der Waals surface area contributed by atoms with E-state index in [2.05, 4.69) is 21.7 Å². The molecular formula is C21H19FN4O4S. The molecule has 0 radical (unpaired) electrons. The maximum absolute atomic E-state index is 13.1. The van der Waals surface area contributed by atoms with E-state index in [1.54, 1.807) is 24.3 Å². The van der Waals surface area contributed by atoms with Crippen molar-refractivity contribution in [2.24, 2.45) is 0 Å². The van der Waals surface area contributed by atoms with Gasteiger partial charge in [-0.3, -0.25) is 9.59 Å². The van der Waals surface area contributed by atoms with Crippen molar-refractivity contribution in [2.75, 3.05) is 11.9 Å². The Balaban J connectivity index is 1.73. The fourth-order valence-electron chi connectivity index (χ4n) is 2.64. The number of hydrogen-bond donors (Lipinski definition) is 2. The zero-order valence-corrected chi connectivity index (χ0v) is 17.1. The summed E-state index contributed by atoms with van der Waals surface area (Å²) in [6.07, 6.45) is 1.45. The van der Waals surface area contributed by atoms with Crippen molar-refractivity contribution in [3.8, 4) is 5.69 Å². The molecular weight excluding hydrogens is 423 g/mol. The van der Waals surface area contributed by atoms with E-state index in [1.165, 1.54) is 42.5 Å². The Morgan fingerprint density at radius 1 is 1.06 bits per heavy atom. The van der Waals surface area contributed by atoms with Crippen LogP contribution in [0.15, 0.2) is 78.1 Å². The van der Waals surface area contributed by atoms with Gasteiger partial charge >= 0.3 is 0 Å². The molecule has 0 spiro atoms. The Labute approximate surface area is 178 Å². The number of anilines is 1. The standard InChI is InChI=1S/C21H19FN4O4S/c1-2-13-23-31(29,30)14-15-3-7-17(8-4-15)24-21(28)19-11-12-20(27)26(25-19)18-9-5-16(22)6-10-18/h2-12,23H,1,13-14H2,(H,24,28). The van der Waals surface area contributed by atoms with E-state index < -0.39 is 27.3 Å². The second-order valence-electron chi connectivity index (χ2n) is 6.49. The summed E-state index contributed by atoms with van der Waals surface area (Å²) in [5.41, 5.74) is 0.781. The Morgan fingerprint density at radius 3 is 2.39 bits per heavy atom. The Hall–Kier alpha value is -3.63. The second kappa shape index (κ2) is 9.45. The first-order chi connectivity index (χ1) is 14.8. The molecule has 3 rings (SSSR count). The highest BCUT2D eigenvalue weighted by Gasteiger charge is 2.13. The van der Waals surface area contributed by atoms with Gasteiger partial charge in [-0.25, -0.2) is 17.5 Å². The number of nitrogens with zero attached hydrogens (tertiary/aromatic N) is 2. The van der Waals surface area contributed by atoms with Crippen LogP contribution in [-0.2, 0) is 15.8 Å². The highest BCUT2D eigenvalue weighted by Crippen LogP contribution is 2.13. The lowest BCUT2D eigenvalue weighted by Gasteiger charge is -2.09. The molecule has 0 aliphatic carbocycles. The maximum Gasteiger partial charge on any atom is 0.276 e. The average molecular weight is 442 g/mol. The van der Waals surface area contributed by atoms with Crippen molar-refractivity contribution >= 4 is 21.6 Å². The monoisotopic (exact) mass is 442 g/mol. The van der Waals surface area contributed by atoms with Gasteiger partial charge in [0.15, 0.2) is 0 Å².